The molecule has 0 unspecified atom stereocenters. The molecule has 146 valence electrons. The van der Waals surface area contributed by atoms with Crippen molar-refractivity contribution < 1.29 is 26.8 Å². The van der Waals surface area contributed by atoms with Crippen molar-refractivity contribution in [2.45, 2.75) is 11.3 Å². The van der Waals surface area contributed by atoms with Crippen LogP contribution in [0.3, 0.4) is 0 Å². The van der Waals surface area contributed by atoms with Gasteiger partial charge in [0.15, 0.2) is 5.69 Å². The van der Waals surface area contributed by atoms with Crippen LogP contribution in [0, 0.1) is 0 Å². The second-order valence-corrected chi connectivity index (χ2v) is 7.65. The van der Waals surface area contributed by atoms with Crippen molar-refractivity contribution in [1.29, 1.82) is 0 Å². The molecule has 12 heteroatoms. The molecule has 7 nitrogen and oxygen atoms in total. The third kappa shape index (κ3) is 4.83. The highest BCUT2D eigenvalue weighted by atomic mass is 35.5. The number of hydrogen-bond acceptors (Lipinski definition) is 5. The molecule has 0 atom stereocenters. The molecule has 1 heterocycles. The van der Waals surface area contributed by atoms with E-state index in [1.165, 1.54) is 14.2 Å². The van der Waals surface area contributed by atoms with Gasteiger partial charge >= 0.3 is 0 Å². The van der Waals surface area contributed by atoms with Crippen molar-refractivity contribution in [3.8, 4) is 0 Å². The number of rotatable bonds is 6. The topological polar surface area (TPSA) is 88.6 Å². The lowest BCUT2D eigenvalue weighted by atomic mass is 10.2. The van der Waals surface area contributed by atoms with Gasteiger partial charge < -0.3 is 0 Å². The number of carbonyl (C=O) groups excluding carboxylic acids is 1. The average Bonchev–Trinajstić information content (AvgIpc) is 2.60. The number of sulfonamides is 1. The number of nitrogens with one attached hydrogen (secondary N) is 1. The summed E-state index contributed by atoms with van der Waals surface area (Å²) in [6.45, 7) is 0. The maximum absolute atomic E-state index is 13.0. The summed E-state index contributed by atoms with van der Waals surface area (Å²) < 4.78 is 53.3. The highest BCUT2D eigenvalue weighted by Gasteiger charge is 2.24. The van der Waals surface area contributed by atoms with E-state index < -0.39 is 32.8 Å². The van der Waals surface area contributed by atoms with Gasteiger partial charge in [-0.1, -0.05) is 23.2 Å². The lowest BCUT2D eigenvalue weighted by molar-refractivity contribution is -0.0759. The summed E-state index contributed by atoms with van der Waals surface area (Å²) in [4.78, 5) is 20.4. The smallest absolute Gasteiger partial charge is 0.277 e. The molecule has 2 aromatic rings. The number of hydroxylamine groups is 2. The van der Waals surface area contributed by atoms with E-state index in [9.17, 15) is 22.0 Å². The molecule has 0 radical (unpaired) electrons. The number of anilines is 1. The first-order valence-electron chi connectivity index (χ1n) is 7.15. The van der Waals surface area contributed by atoms with E-state index in [4.69, 9.17) is 28.0 Å². The fourth-order valence-electron chi connectivity index (χ4n) is 1.98. The van der Waals surface area contributed by atoms with Gasteiger partial charge in [-0.15, -0.1) is 0 Å². The number of hydrogen-bond donors (Lipinski definition) is 1. The first-order chi connectivity index (χ1) is 12.6. The Morgan fingerprint density at radius 3 is 2.56 bits per heavy atom. The molecular weight excluding hydrogens is 427 g/mol. The van der Waals surface area contributed by atoms with Gasteiger partial charge in [0.05, 0.1) is 22.7 Å². The third-order valence-corrected chi connectivity index (χ3v) is 5.29. The molecular formula is C15H13Cl2F2N3O4S. The molecule has 1 aromatic carbocycles. The van der Waals surface area contributed by atoms with E-state index in [2.05, 4.69) is 9.71 Å². The van der Waals surface area contributed by atoms with Crippen molar-refractivity contribution in [2.24, 2.45) is 0 Å². The lowest BCUT2D eigenvalue weighted by Crippen LogP contribution is -2.28. The van der Waals surface area contributed by atoms with Crippen molar-refractivity contribution in [3.05, 3.63) is 51.8 Å². The number of carbonyl (C=O) groups is 1. The minimum Gasteiger partial charge on any atom is -0.277 e. The predicted molar refractivity (Wildman–Crippen MR) is 95.6 cm³/mol. The number of halogens is 4. The van der Waals surface area contributed by atoms with Gasteiger partial charge in [0.25, 0.3) is 22.4 Å². The van der Waals surface area contributed by atoms with E-state index in [-0.39, 0.29) is 21.4 Å². The van der Waals surface area contributed by atoms with Crippen LogP contribution in [0.25, 0.3) is 0 Å². The maximum atomic E-state index is 13.0. The molecule has 0 bridgehead atoms. The highest BCUT2D eigenvalue weighted by Crippen LogP contribution is 2.30. The normalized spacial score (nSPS) is 11.5. The Balaban J connectivity index is 2.48. The number of aromatic nitrogens is 1. The van der Waals surface area contributed by atoms with Crippen LogP contribution in [0.2, 0.25) is 10.0 Å². The van der Waals surface area contributed by atoms with Crippen LogP contribution in [-0.4, -0.2) is 38.5 Å². The molecule has 0 fully saturated rings. The number of nitrogens with zero attached hydrogens (tertiary/aromatic N) is 2. The molecule has 0 aliphatic rings. The number of alkyl halides is 2. The standard InChI is InChI=1S/C15H13Cl2F2N3O4S/c1-22(26-2)15(23)13-12(5-8(16)7-20-13)21-27(24,25)9-3-4-11(17)10(6-9)14(18)19/h3-7,14,21H,1-2H3. The second-order valence-electron chi connectivity index (χ2n) is 5.12. The zero-order valence-corrected chi connectivity index (χ0v) is 16.2. The third-order valence-electron chi connectivity index (χ3n) is 3.37. The number of pyridine rings is 1. The zero-order chi connectivity index (χ0) is 20.4. The molecule has 1 amide bonds. The van der Waals surface area contributed by atoms with Gasteiger partial charge in [0.2, 0.25) is 0 Å². The van der Waals surface area contributed by atoms with Gasteiger partial charge in [-0.2, -0.15) is 0 Å². The Morgan fingerprint density at radius 2 is 1.96 bits per heavy atom. The van der Waals surface area contributed by atoms with E-state index in [1.54, 1.807) is 0 Å². The largest absolute Gasteiger partial charge is 0.297 e. The summed E-state index contributed by atoms with van der Waals surface area (Å²) >= 11 is 11.5. The Hall–Kier alpha value is -2.01. The SMILES string of the molecule is CON(C)C(=O)c1ncc(Cl)cc1NS(=O)(=O)c1ccc(Cl)c(C(F)F)c1. The molecule has 0 saturated carbocycles. The van der Waals surface area contributed by atoms with Gasteiger partial charge in [-0.25, -0.2) is 27.2 Å². The Kier molecular flexibility index (Phi) is 6.58. The van der Waals surface area contributed by atoms with Crippen molar-refractivity contribution in [3.63, 3.8) is 0 Å². The molecule has 1 N–H and O–H groups in total. The number of benzene rings is 1. The van der Waals surface area contributed by atoms with Crippen LogP contribution in [0.15, 0.2) is 35.4 Å². The summed E-state index contributed by atoms with van der Waals surface area (Å²) in [5, 5.41) is 0.602. The van der Waals surface area contributed by atoms with Gasteiger partial charge in [0.1, 0.15) is 0 Å². The summed E-state index contributed by atoms with van der Waals surface area (Å²) in [6.07, 6.45) is -1.82. The maximum Gasteiger partial charge on any atom is 0.297 e. The van der Waals surface area contributed by atoms with Crippen LogP contribution < -0.4 is 4.72 Å². The first kappa shape index (κ1) is 21.3. The molecule has 27 heavy (non-hydrogen) atoms. The summed E-state index contributed by atoms with van der Waals surface area (Å²) in [6, 6.07) is 4.00. The van der Waals surface area contributed by atoms with E-state index in [1.807, 2.05) is 0 Å². The Bertz CT molecular complexity index is 974. The summed E-state index contributed by atoms with van der Waals surface area (Å²) in [5.74, 6) is -0.753. The van der Waals surface area contributed by atoms with Crippen LogP contribution in [0.1, 0.15) is 22.5 Å². The fraction of sp³-hybridized carbons (Fsp3) is 0.200. The monoisotopic (exact) mass is 439 g/mol. The van der Waals surface area contributed by atoms with Crippen molar-refractivity contribution in [2.75, 3.05) is 18.9 Å². The van der Waals surface area contributed by atoms with Crippen molar-refractivity contribution in [1.82, 2.24) is 10.0 Å². The first-order valence-corrected chi connectivity index (χ1v) is 9.39. The zero-order valence-electron chi connectivity index (χ0n) is 13.9. The fourth-order valence-corrected chi connectivity index (χ4v) is 3.43. The van der Waals surface area contributed by atoms with Gasteiger partial charge in [0, 0.05) is 23.8 Å². The van der Waals surface area contributed by atoms with E-state index >= 15 is 0 Å². The van der Waals surface area contributed by atoms with Crippen LogP contribution in [0.4, 0.5) is 14.5 Å². The average molecular weight is 440 g/mol. The summed E-state index contributed by atoms with van der Waals surface area (Å²) in [7, 11) is -1.81. The minimum absolute atomic E-state index is 0.0497. The Labute approximate surface area is 163 Å². The Morgan fingerprint density at radius 1 is 1.30 bits per heavy atom. The lowest BCUT2D eigenvalue weighted by Gasteiger charge is -2.17. The van der Waals surface area contributed by atoms with Crippen LogP contribution in [0.5, 0.6) is 0 Å². The van der Waals surface area contributed by atoms with Gasteiger partial charge in [-0.05, 0) is 24.3 Å². The summed E-state index contributed by atoms with van der Waals surface area (Å²) in [5.41, 5.74) is -1.18. The molecule has 1 aromatic heterocycles. The van der Waals surface area contributed by atoms with Gasteiger partial charge in [-0.3, -0.25) is 14.4 Å². The van der Waals surface area contributed by atoms with E-state index in [0.29, 0.717) is 0 Å². The quantitative estimate of drug-likeness (QED) is 0.692. The van der Waals surface area contributed by atoms with E-state index in [0.717, 1.165) is 35.5 Å². The highest BCUT2D eigenvalue weighted by molar-refractivity contribution is 7.92. The predicted octanol–water partition coefficient (Wildman–Crippen LogP) is 3.76. The molecule has 2 rings (SSSR count). The molecule has 0 aliphatic carbocycles. The minimum atomic E-state index is -4.34. The molecule has 0 saturated heterocycles. The van der Waals surface area contributed by atoms with Crippen molar-refractivity contribution >= 4 is 44.8 Å². The molecule has 0 aliphatic heterocycles. The number of amides is 1. The molecule has 0 spiro atoms. The van der Waals surface area contributed by atoms with Crippen LogP contribution in [-0.2, 0) is 14.9 Å². The second kappa shape index (κ2) is 8.34. The van der Waals surface area contributed by atoms with Crippen LogP contribution >= 0.6 is 23.2 Å².